The maximum atomic E-state index is 14.5. The number of halogens is 8. The van der Waals surface area contributed by atoms with Gasteiger partial charge in [-0.3, -0.25) is 0 Å². The van der Waals surface area contributed by atoms with E-state index in [1.807, 2.05) is 0 Å². The Morgan fingerprint density at radius 1 is 0.500 bits per heavy atom. The van der Waals surface area contributed by atoms with Gasteiger partial charge in [0, 0.05) is 12.2 Å². The van der Waals surface area contributed by atoms with E-state index in [1.165, 1.54) is 36.4 Å². The van der Waals surface area contributed by atoms with Crippen molar-refractivity contribution in [2.24, 2.45) is 0 Å². The Morgan fingerprint density at radius 2 is 0.821 bits per heavy atom. The van der Waals surface area contributed by atoms with Gasteiger partial charge < -0.3 is 28.4 Å². The highest BCUT2D eigenvalue weighted by atomic mass is 19.4. The van der Waals surface area contributed by atoms with Gasteiger partial charge in [0.2, 0.25) is 0 Å². The van der Waals surface area contributed by atoms with Crippen LogP contribution in [0.4, 0.5) is 35.1 Å². The smallest absolute Gasteiger partial charge is 0.420 e. The quantitative estimate of drug-likeness (QED) is 0.0383. The highest BCUT2D eigenvalue weighted by Gasteiger charge is 2.48. The summed E-state index contributed by atoms with van der Waals surface area (Å²) < 4.78 is 145. The van der Waals surface area contributed by atoms with E-state index >= 15 is 0 Å². The third-order valence-electron chi connectivity index (χ3n) is 7.84. The van der Waals surface area contributed by atoms with Crippen LogP contribution in [0.5, 0.6) is 23.0 Å². The predicted octanol–water partition coefficient (Wildman–Crippen LogP) is 9.80. The van der Waals surface area contributed by atoms with Gasteiger partial charge in [0.05, 0.1) is 39.6 Å². The van der Waals surface area contributed by atoms with Crippen LogP contribution in [0.1, 0.15) is 60.8 Å². The summed E-state index contributed by atoms with van der Waals surface area (Å²) in [7, 11) is 0. The molecule has 0 aliphatic carbocycles. The summed E-state index contributed by atoms with van der Waals surface area (Å²) in [4.78, 5) is 22.0. The lowest BCUT2D eigenvalue weighted by Crippen LogP contribution is -2.20. The molecule has 0 saturated heterocycles. The number of ether oxygens (including phenoxy) is 6. The molecular weight excluding hydrogens is 760 g/mol. The fourth-order valence-corrected chi connectivity index (χ4v) is 5.15. The Morgan fingerprint density at radius 3 is 1.16 bits per heavy atom. The minimum absolute atomic E-state index is 0.0332. The van der Waals surface area contributed by atoms with Crippen molar-refractivity contribution >= 4 is 11.9 Å². The zero-order chi connectivity index (χ0) is 41.1. The molecule has 3 aromatic carbocycles. The lowest BCUT2D eigenvalue weighted by molar-refractivity contribution is -0.164. The molecule has 306 valence electrons. The van der Waals surface area contributed by atoms with E-state index in [4.69, 9.17) is 28.4 Å². The van der Waals surface area contributed by atoms with E-state index in [1.54, 1.807) is 0 Å². The first-order valence-corrected chi connectivity index (χ1v) is 17.6. The fourth-order valence-electron chi connectivity index (χ4n) is 5.15. The second kappa shape index (κ2) is 22.3. The summed E-state index contributed by atoms with van der Waals surface area (Å²) in [5.41, 5.74) is -3.17. The van der Waals surface area contributed by atoms with E-state index in [0.29, 0.717) is 36.8 Å². The predicted molar refractivity (Wildman–Crippen MR) is 189 cm³/mol. The number of benzene rings is 3. The molecule has 0 atom stereocenters. The number of alkyl halides is 6. The highest BCUT2D eigenvalue weighted by Crippen LogP contribution is 2.49. The van der Waals surface area contributed by atoms with Gasteiger partial charge >= 0.3 is 24.3 Å². The molecule has 0 saturated carbocycles. The van der Waals surface area contributed by atoms with Gasteiger partial charge in [-0.05, 0) is 98.9 Å². The van der Waals surface area contributed by atoms with Gasteiger partial charge in [-0.15, -0.1) is 0 Å². The number of esters is 2. The van der Waals surface area contributed by atoms with Crippen LogP contribution in [0.2, 0.25) is 0 Å². The van der Waals surface area contributed by atoms with Crippen molar-refractivity contribution in [3.63, 3.8) is 0 Å². The Balaban J connectivity index is 1.53. The number of hydrogen-bond acceptors (Lipinski definition) is 8. The van der Waals surface area contributed by atoms with Crippen molar-refractivity contribution in [1.29, 1.82) is 0 Å². The maximum Gasteiger partial charge on any atom is 0.420 e. The third-order valence-corrected chi connectivity index (χ3v) is 7.84. The van der Waals surface area contributed by atoms with Gasteiger partial charge in [-0.1, -0.05) is 25.3 Å². The molecule has 3 rings (SSSR count). The van der Waals surface area contributed by atoms with Crippen molar-refractivity contribution in [1.82, 2.24) is 0 Å². The number of carbonyl (C=O) groups is 2. The summed E-state index contributed by atoms with van der Waals surface area (Å²) in [6.45, 7) is 6.34. The second-order valence-electron chi connectivity index (χ2n) is 12.1. The number of rotatable bonds is 24. The van der Waals surface area contributed by atoms with Gasteiger partial charge in [0.15, 0.2) is 23.1 Å². The average molecular weight is 803 g/mol. The third kappa shape index (κ3) is 15.1. The van der Waals surface area contributed by atoms with E-state index in [-0.39, 0.29) is 63.6 Å². The number of unbranched alkanes of at least 4 members (excludes halogenated alkanes) is 2. The summed E-state index contributed by atoms with van der Waals surface area (Å²) in [6, 6.07) is 9.69. The molecule has 0 amide bonds. The Labute approximate surface area is 319 Å². The molecule has 0 spiro atoms. The molecule has 0 aromatic heterocycles. The van der Waals surface area contributed by atoms with Crippen LogP contribution in [0.15, 0.2) is 73.8 Å². The Bertz CT molecular complexity index is 1630. The van der Waals surface area contributed by atoms with Gasteiger partial charge in [0.1, 0.15) is 22.6 Å². The van der Waals surface area contributed by atoms with Gasteiger partial charge in [-0.2, -0.15) is 26.3 Å². The van der Waals surface area contributed by atoms with Gasteiger partial charge in [0.25, 0.3) is 0 Å². The molecule has 0 aliphatic rings. The molecule has 0 radical (unpaired) electrons. The molecule has 0 aliphatic heterocycles. The van der Waals surface area contributed by atoms with Crippen molar-refractivity contribution in [2.45, 2.75) is 63.7 Å². The Hall–Kier alpha value is -5.28. The van der Waals surface area contributed by atoms with E-state index in [9.17, 15) is 44.7 Å². The molecule has 3 aromatic rings. The van der Waals surface area contributed by atoms with Crippen LogP contribution in [0.25, 0.3) is 0 Å². The van der Waals surface area contributed by atoms with E-state index in [2.05, 4.69) is 13.2 Å². The first kappa shape index (κ1) is 45.1. The van der Waals surface area contributed by atoms with Crippen LogP contribution in [-0.4, -0.2) is 51.6 Å². The first-order chi connectivity index (χ1) is 26.6. The fraction of sp³-hybridized carbons (Fsp3) is 0.400. The average Bonchev–Trinajstić information content (AvgIpc) is 3.14. The number of aryl methyl sites for hydroxylation is 2. The van der Waals surface area contributed by atoms with Crippen molar-refractivity contribution in [3.8, 4) is 23.0 Å². The van der Waals surface area contributed by atoms with Crippen LogP contribution in [-0.2, 0) is 44.3 Å². The van der Waals surface area contributed by atoms with Crippen molar-refractivity contribution < 1.29 is 73.1 Å². The summed E-state index contributed by atoms with van der Waals surface area (Å²) in [5.74, 6) is -4.63. The lowest BCUT2D eigenvalue weighted by Gasteiger charge is -2.22. The summed E-state index contributed by atoms with van der Waals surface area (Å²) in [6.07, 6.45) is -6.58. The minimum atomic E-state index is -5.46. The van der Waals surface area contributed by atoms with E-state index in [0.717, 1.165) is 24.3 Å². The Kier molecular flexibility index (Phi) is 18.0. The van der Waals surface area contributed by atoms with Crippen LogP contribution >= 0.6 is 0 Å². The molecule has 8 nitrogen and oxygen atoms in total. The minimum Gasteiger partial charge on any atom is -0.493 e. The number of hydrogen-bond donors (Lipinski definition) is 0. The monoisotopic (exact) mass is 802 g/mol. The molecule has 0 unspecified atom stereocenters. The molecule has 56 heavy (non-hydrogen) atoms. The molecule has 16 heteroatoms. The zero-order valence-electron chi connectivity index (χ0n) is 30.4. The highest BCUT2D eigenvalue weighted by molar-refractivity contribution is 5.81. The molecule has 0 heterocycles. The summed E-state index contributed by atoms with van der Waals surface area (Å²) >= 11 is 0. The standard InChI is InChI=1S/C40H42F8O8/c1-3-35(49)55-21-7-5-19-51-31-15-13-27(25-29(31)41)11-9-23-53-33-17-18-34(38(40(46,47)48)37(33)39(43,44)45)54-24-10-12-28-14-16-32(30(42)26-28)52-20-6-8-22-56-36(50)4-2/h3-4,13-18,25-26H,1-2,5-12,19-24H2. The topological polar surface area (TPSA) is 89.5 Å². The lowest BCUT2D eigenvalue weighted by atomic mass is 10.0. The molecule has 0 bridgehead atoms. The summed E-state index contributed by atoms with van der Waals surface area (Å²) in [5, 5.41) is 0. The van der Waals surface area contributed by atoms with Crippen LogP contribution in [0.3, 0.4) is 0 Å². The number of carbonyl (C=O) groups excluding carboxylic acids is 2. The van der Waals surface area contributed by atoms with Crippen LogP contribution < -0.4 is 18.9 Å². The largest absolute Gasteiger partial charge is 0.493 e. The van der Waals surface area contributed by atoms with Crippen molar-refractivity contribution in [3.05, 3.63) is 108 Å². The SMILES string of the molecule is C=CC(=O)OCCCCOc1ccc(CCCOc2ccc(OCCCc3ccc(OCCCCOC(=O)C=C)c(F)c3)c(C(F)(F)F)c2C(F)(F)F)cc1F. The molecule has 0 N–H and O–H groups in total. The maximum absolute atomic E-state index is 14.5. The second-order valence-corrected chi connectivity index (χ2v) is 12.1. The van der Waals surface area contributed by atoms with Gasteiger partial charge in [-0.25, -0.2) is 18.4 Å². The zero-order valence-corrected chi connectivity index (χ0v) is 30.4. The van der Waals surface area contributed by atoms with E-state index < -0.39 is 71.8 Å². The molecular formula is C40H42F8O8. The van der Waals surface area contributed by atoms with Crippen LogP contribution in [0, 0.1) is 11.6 Å². The van der Waals surface area contributed by atoms with Crippen molar-refractivity contribution in [2.75, 3.05) is 39.6 Å². The normalized spacial score (nSPS) is 11.4. The molecule has 0 fully saturated rings. The first-order valence-electron chi connectivity index (χ1n) is 17.6.